The van der Waals surface area contributed by atoms with E-state index in [9.17, 15) is 14.0 Å². The molecule has 0 radical (unpaired) electrons. The fraction of sp³-hybridized carbons (Fsp3) is 0.529. The lowest BCUT2D eigenvalue weighted by molar-refractivity contribution is -0.904. The highest BCUT2D eigenvalue weighted by Crippen LogP contribution is 2.17. The number of urea groups is 1. The molecule has 3 amide bonds. The van der Waals surface area contributed by atoms with Gasteiger partial charge in [0.1, 0.15) is 6.54 Å². The van der Waals surface area contributed by atoms with E-state index in [2.05, 4.69) is 10.6 Å². The Kier molecular flexibility index (Phi) is 8.18. The van der Waals surface area contributed by atoms with Crippen molar-refractivity contribution in [3.05, 3.63) is 29.6 Å². The first-order chi connectivity index (χ1) is 11.3. The predicted octanol–water partition coefficient (Wildman–Crippen LogP) is 0.721. The van der Waals surface area contributed by atoms with E-state index in [0.717, 1.165) is 10.5 Å². The monoisotopic (exact) mass is 340 g/mol. The third-order valence-electron chi connectivity index (χ3n) is 3.50. The van der Waals surface area contributed by atoms with Crippen molar-refractivity contribution in [2.45, 2.75) is 27.3 Å². The zero-order valence-corrected chi connectivity index (χ0v) is 14.7. The van der Waals surface area contributed by atoms with Gasteiger partial charge in [-0.2, -0.15) is 0 Å². The summed E-state index contributed by atoms with van der Waals surface area (Å²) in [5.74, 6) is -0.282. The molecule has 0 bridgehead atoms. The molecule has 0 saturated carbocycles. The summed E-state index contributed by atoms with van der Waals surface area (Å²) < 4.78 is 18.6. The summed E-state index contributed by atoms with van der Waals surface area (Å²) in [6.45, 7) is 7.68. The smallest absolute Gasteiger partial charge is 0.321 e. The first kappa shape index (κ1) is 19.9. The molecule has 0 aliphatic rings. The van der Waals surface area contributed by atoms with E-state index in [0.29, 0.717) is 25.6 Å². The zero-order chi connectivity index (χ0) is 18.1. The molecule has 1 rings (SSSR count). The van der Waals surface area contributed by atoms with Crippen LogP contribution in [0, 0.1) is 11.7 Å². The van der Waals surface area contributed by atoms with E-state index in [1.54, 1.807) is 12.1 Å². The number of rotatable bonds is 8. The standard InChI is InChI=1S/C17H26FN3O3/c1-5-21(10-13-6-7-15(24-4)14(18)8-13)11-16(22)20-17(23)19-9-12(2)3/h6-8,12H,5,9-11H2,1-4H3,(H2,19,20,22,23)/p+1. The Balaban J connectivity index is 2.53. The molecule has 7 heteroatoms. The lowest BCUT2D eigenvalue weighted by Gasteiger charge is -2.17. The maximum atomic E-state index is 13.7. The van der Waals surface area contributed by atoms with Crippen molar-refractivity contribution >= 4 is 11.9 Å². The Morgan fingerprint density at radius 1 is 1.33 bits per heavy atom. The Bertz CT molecular complexity index is 564. The number of ether oxygens (including phenoxy) is 1. The number of hydrogen-bond donors (Lipinski definition) is 3. The van der Waals surface area contributed by atoms with Gasteiger partial charge in [-0.25, -0.2) is 9.18 Å². The molecule has 0 aromatic heterocycles. The van der Waals surface area contributed by atoms with Gasteiger partial charge in [0.05, 0.1) is 13.7 Å². The minimum atomic E-state index is -0.486. The maximum Gasteiger partial charge on any atom is 0.321 e. The molecule has 134 valence electrons. The van der Waals surface area contributed by atoms with Gasteiger partial charge in [0.2, 0.25) is 0 Å². The Morgan fingerprint density at radius 3 is 2.58 bits per heavy atom. The van der Waals surface area contributed by atoms with E-state index in [-0.39, 0.29) is 18.2 Å². The Labute approximate surface area is 142 Å². The second-order valence-electron chi connectivity index (χ2n) is 6.08. The van der Waals surface area contributed by atoms with Gasteiger partial charge in [-0.05, 0) is 31.0 Å². The lowest BCUT2D eigenvalue weighted by atomic mass is 10.2. The summed E-state index contributed by atoms with van der Waals surface area (Å²) in [5.41, 5.74) is 0.766. The van der Waals surface area contributed by atoms with Crippen LogP contribution in [0.2, 0.25) is 0 Å². The molecule has 1 unspecified atom stereocenters. The average molecular weight is 340 g/mol. The van der Waals surface area contributed by atoms with E-state index in [1.165, 1.54) is 13.2 Å². The van der Waals surface area contributed by atoms with Crippen LogP contribution in [-0.4, -0.2) is 38.7 Å². The van der Waals surface area contributed by atoms with Gasteiger partial charge in [0, 0.05) is 12.1 Å². The van der Waals surface area contributed by atoms with Gasteiger partial charge in [0.25, 0.3) is 5.91 Å². The van der Waals surface area contributed by atoms with Crippen molar-refractivity contribution in [2.75, 3.05) is 26.7 Å². The second kappa shape index (κ2) is 9.87. The van der Waals surface area contributed by atoms with Crippen LogP contribution in [0.3, 0.4) is 0 Å². The number of nitrogens with one attached hydrogen (secondary N) is 3. The summed E-state index contributed by atoms with van der Waals surface area (Å²) >= 11 is 0. The summed E-state index contributed by atoms with van der Waals surface area (Å²) in [7, 11) is 1.41. The van der Waals surface area contributed by atoms with Crippen LogP contribution in [0.4, 0.5) is 9.18 Å². The highest BCUT2D eigenvalue weighted by molar-refractivity contribution is 5.94. The Morgan fingerprint density at radius 2 is 2.04 bits per heavy atom. The second-order valence-corrected chi connectivity index (χ2v) is 6.08. The molecule has 0 heterocycles. The summed E-state index contributed by atoms with van der Waals surface area (Å²) in [6, 6.07) is 4.25. The van der Waals surface area contributed by atoms with E-state index >= 15 is 0 Å². The van der Waals surface area contributed by atoms with Crippen LogP contribution in [0.15, 0.2) is 18.2 Å². The number of amides is 3. The molecular formula is C17H27FN3O3+. The van der Waals surface area contributed by atoms with Crippen molar-refractivity contribution in [1.29, 1.82) is 0 Å². The van der Waals surface area contributed by atoms with Crippen LogP contribution in [-0.2, 0) is 11.3 Å². The number of carbonyl (C=O) groups is 2. The molecule has 1 aromatic rings. The van der Waals surface area contributed by atoms with E-state index in [4.69, 9.17) is 4.74 Å². The molecule has 3 N–H and O–H groups in total. The minimum absolute atomic E-state index is 0.138. The zero-order valence-electron chi connectivity index (χ0n) is 14.7. The third-order valence-corrected chi connectivity index (χ3v) is 3.50. The van der Waals surface area contributed by atoms with Gasteiger partial charge in [-0.1, -0.05) is 13.8 Å². The number of carbonyl (C=O) groups excluding carboxylic acids is 2. The van der Waals surface area contributed by atoms with Crippen molar-refractivity contribution in [3.8, 4) is 5.75 Å². The van der Waals surface area contributed by atoms with Crippen LogP contribution >= 0.6 is 0 Å². The topological polar surface area (TPSA) is 71.9 Å². The molecule has 1 aromatic carbocycles. The molecule has 0 saturated heterocycles. The average Bonchev–Trinajstić information content (AvgIpc) is 2.52. The van der Waals surface area contributed by atoms with Crippen molar-refractivity contribution < 1.29 is 23.6 Å². The molecule has 1 atom stereocenters. The van der Waals surface area contributed by atoms with Gasteiger partial charge < -0.3 is 15.0 Å². The molecule has 0 aliphatic heterocycles. The number of halogens is 1. The quantitative estimate of drug-likeness (QED) is 0.653. The fourth-order valence-electron chi connectivity index (χ4n) is 2.16. The van der Waals surface area contributed by atoms with Gasteiger partial charge in [0.15, 0.2) is 18.1 Å². The summed E-state index contributed by atoms with van der Waals surface area (Å²) in [4.78, 5) is 24.4. The van der Waals surface area contributed by atoms with Gasteiger partial charge in [-0.15, -0.1) is 0 Å². The molecular weight excluding hydrogens is 313 g/mol. The lowest BCUT2D eigenvalue weighted by Crippen LogP contribution is -3.11. The number of imide groups is 1. The van der Waals surface area contributed by atoms with Crippen LogP contribution in [0.1, 0.15) is 26.3 Å². The molecule has 24 heavy (non-hydrogen) atoms. The van der Waals surface area contributed by atoms with Crippen LogP contribution in [0.25, 0.3) is 0 Å². The number of benzene rings is 1. The third kappa shape index (κ3) is 6.95. The highest BCUT2D eigenvalue weighted by atomic mass is 19.1. The van der Waals surface area contributed by atoms with Gasteiger partial charge in [-0.3, -0.25) is 10.1 Å². The summed E-state index contributed by atoms with van der Waals surface area (Å²) in [6.07, 6.45) is 0. The number of hydrogen-bond acceptors (Lipinski definition) is 3. The van der Waals surface area contributed by atoms with Crippen LogP contribution < -0.4 is 20.3 Å². The first-order valence-electron chi connectivity index (χ1n) is 8.09. The molecule has 6 nitrogen and oxygen atoms in total. The summed E-state index contributed by atoms with van der Waals surface area (Å²) in [5, 5.41) is 4.94. The van der Waals surface area contributed by atoms with Crippen LogP contribution in [0.5, 0.6) is 5.75 Å². The van der Waals surface area contributed by atoms with E-state index in [1.807, 2.05) is 20.8 Å². The van der Waals surface area contributed by atoms with Crippen molar-refractivity contribution in [3.63, 3.8) is 0 Å². The molecule has 0 aliphatic carbocycles. The fourth-order valence-corrected chi connectivity index (χ4v) is 2.16. The number of quaternary nitrogens is 1. The number of likely N-dealkylation sites (N-methyl/N-ethyl adjacent to an activating group) is 1. The van der Waals surface area contributed by atoms with Gasteiger partial charge >= 0.3 is 6.03 Å². The van der Waals surface area contributed by atoms with Crippen molar-refractivity contribution in [1.82, 2.24) is 10.6 Å². The number of methoxy groups -OCH3 is 1. The SMILES string of the molecule is CC[NH+](CC(=O)NC(=O)NCC(C)C)Cc1ccc(OC)c(F)c1. The minimum Gasteiger partial charge on any atom is -0.494 e. The largest absolute Gasteiger partial charge is 0.494 e. The predicted molar refractivity (Wildman–Crippen MR) is 89.4 cm³/mol. The normalized spacial score (nSPS) is 11.9. The maximum absolute atomic E-state index is 13.7. The first-order valence-corrected chi connectivity index (χ1v) is 8.09. The van der Waals surface area contributed by atoms with E-state index < -0.39 is 11.8 Å². The van der Waals surface area contributed by atoms with Crippen molar-refractivity contribution in [2.24, 2.45) is 5.92 Å². The molecule has 0 spiro atoms. The Hall–Kier alpha value is -2.15. The molecule has 0 fully saturated rings. The highest BCUT2D eigenvalue weighted by Gasteiger charge is 2.16.